The summed E-state index contributed by atoms with van der Waals surface area (Å²) < 4.78 is 12.8. The van der Waals surface area contributed by atoms with Gasteiger partial charge in [0, 0.05) is 9.92 Å². The van der Waals surface area contributed by atoms with Crippen molar-refractivity contribution in [3.63, 3.8) is 0 Å². The molecule has 1 aromatic rings. The molecular weight excluding hydrogens is 286 g/mol. The molecule has 0 radical (unpaired) electrons. The number of carbonyl (C=O) groups is 1. The number of carboxylic acids is 1. The lowest BCUT2D eigenvalue weighted by Crippen LogP contribution is -2.19. The summed E-state index contributed by atoms with van der Waals surface area (Å²) in [6, 6.07) is 3.18. The summed E-state index contributed by atoms with van der Waals surface area (Å²) in [5.41, 5.74) is 0.651. The van der Waals surface area contributed by atoms with Crippen molar-refractivity contribution in [2.24, 2.45) is 0 Å². The fraction of sp³-hybridized carbons (Fsp3) is 0.182. The van der Waals surface area contributed by atoms with Crippen LogP contribution in [0.5, 0.6) is 0 Å². The first-order chi connectivity index (χ1) is 8.02. The van der Waals surface area contributed by atoms with Crippen molar-refractivity contribution in [3.8, 4) is 0 Å². The third kappa shape index (κ3) is 2.44. The van der Waals surface area contributed by atoms with Gasteiger partial charge in [0.05, 0.1) is 15.8 Å². The molecule has 2 rings (SSSR count). The Bertz CT molecular complexity index is 516. The number of halogens is 3. The molecule has 1 heterocycles. The Kier molecular flexibility index (Phi) is 3.66. The quantitative estimate of drug-likeness (QED) is 0.898. The maximum atomic E-state index is 12.8. The standard InChI is InChI=1S/C11H7Cl2FO2S/c12-6-1-5-2-7(11(15)16)9(4-14)17-10(5)8(13)3-6/h1-3,9H,4H2,(H,15,16). The Labute approximate surface area is 111 Å². The normalized spacial score (nSPS) is 18.5. The minimum Gasteiger partial charge on any atom is -0.478 e. The van der Waals surface area contributed by atoms with E-state index in [0.29, 0.717) is 20.5 Å². The highest BCUT2D eigenvalue weighted by atomic mass is 35.5. The zero-order chi connectivity index (χ0) is 12.6. The van der Waals surface area contributed by atoms with Crippen LogP contribution in [0.3, 0.4) is 0 Å². The molecule has 1 atom stereocenters. The van der Waals surface area contributed by atoms with Crippen LogP contribution >= 0.6 is 35.0 Å². The fourth-order valence-corrected chi connectivity index (χ4v) is 3.30. The number of thioether (sulfide) groups is 1. The van der Waals surface area contributed by atoms with Crippen molar-refractivity contribution in [2.45, 2.75) is 10.1 Å². The second-order valence-corrected chi connectivity index (χ2v) is 5.53. The van der Waals surface area contributed by atoms with E-state index in [1.807, 2.05) is 0 Å². The fourth-order valence-electron chi connectivity index (χ4n) is 1.59. The summed E-state index contributed by atoms with van der Waals surface area (Å²) in [5, 5.41) is 9.10. The van der Waals surface area contributed by atoms with Gasteiger partial charge in [-0.25, -0.2) is 9.18 Å². The zero-order valence-corrected chi connectivity index (χ0v) is 10.7. The molecule has 0 amide bonds. The minimum absolute atomic E-state index is 0.0309. The molecule has 6 heteroatoms. The van der Waals surface area contributed by atoms with Gasteiger partial charge in [0.2, 0.25) is 0 Å². The molecule has 0 fully saturated rings. The van der Waals surface area contributed by atoms with Crippen LogP contribution < -0.4 is 0 Å². The SMILES string of the molecule is O=C(O)C1=Cc2cc(Cl)cc(Cl)c2SC1CF. The Hall–Kier alpha value is -0.710. The predicted molar refractivity (Wildman–Crippen MR) is 67.7 cm³/mol. The van der Waals surface area contributed by atoms with E-state index in [-0.39, 0.29) is 5.57 Å². The Morgan fingerprint density at radius 3 is 2.76 bits per heavy atom. The van der Waals surface area contributed by atoms with Crippen LogP contribution in [0.2, 0.25) is 10.0 Å². The molecule has 17 heavy (non-hydrogen) atoms. The maximum absolute atomic E-state index is 12.8. The molecule has 2 nitrogen and oxygen atoms in total. The summed E-state index contributed by atoms with van der Waals surface area (Å²) in [4.78, 5) is 11.7. The lowest BCUT2D eigenvalue weighted by atomic mass is 10.1. The Morgan fingerprint density at radius 1 is 1.47 bits per heavy atom. The van der Waals surface area contributed by atoms with Gasteiger partial charge >= 0.3 is 5.97 Å². The summed E-state index contributed by atoms with van der Waals surface area (Å²) in [6.45, 7) is -0.749. The van der Waals surface area contributed by atoms with E-state index < -0.39 is 17.9 Å². The summed E-state index contributed by atoms with van der Waals surface area (Å²) in [5.74, 6) is -1.12. The predicted octanol–water partition coefficient (Wildman–Crippen LogP) is 3.91. The molecule has 0 saturated heterocycles. The molecule has 1 aliphatic heterocycles. The smallest absolute Gasteiger partial charge is 0.332 e. The first-order valence-electron chi connectivity index (χ1n) is 4.69. The van der Waals surface area contributed by atoms with Crippen LogP contribution in [0, 0.1) is 0 Å². The van der Waals surface area contributed by atoms with Crippen molar-refractivity contribution < 1.29 is 14.3 Å². The van der Waals surface area contributed by atoms with Crippen LogP contribution in [0.15, 0.2) is 22.6 Å². The molecule has 1 N–H and O–H groups in total. The molecule has 0 aliphatic carbocycles. The van der Waals surface area contributed by atoms with E-state index in [2.05, 4.69) is 0 Å². The van der Waals surface area contributed by atoms with Gasteiger partial charge in [-0.15, -0.1) is 11.8 Å². The second-order valence-electron chi connectivity index (χ2n) is 3.47. The van der Waals surface area contributed by atoms with Crippen LogP contribution in [-0.4, -0.2) is 23.0 Å². The third-order valence-electron chi connectivity index (χ3n) is 2.34. The monoisotopic (exact) mass is 292 g/mol. The summed E-state index contributed by atoms with van der Waals surface area (Å²) >= 11 is 12.9. The highest BCUT2D eigenvalue weighted by Gasteiger charge is 2.28. The average molecular weight is 293 g/mol. The lowest BCUT2D eigenvalue weighted by Gasteiger charge is -2.21. The lowest BCUT2D eigenvalue weighted by molar-refractivity contribution is -0.132. The van der Waals surface area contributed by atoms with Crippen molar-refractivity contribution in [3.05, 3.63) is 33.3 Å². The van der Waals surface area contributed by atoms with Crippen molar-refractivity contribution in [1.29, 1.82) is 0 Å². The van der Waals surface area contributed by atoms with Gasteiger partial charge in [-0.3, -0.25) is 0 Å². The average Bonchev–Trinajstić information content (AvgIpc) is 2.27. The second kappa shape index (κ2) is 4.88. The first-order valence-corrected chi connectivity index (χ1v) is 6.33. The minimum atomic E-state index is -1.12. The number of benzene rings is 1. The highest BCUT2D eigenvalue weighted by molar-refractivity contribution is 8.00. The summed E-state index contributed by atoms with van der Waals surface area (Å²) in [6.07, 6.45) is 1.43. The topological polar surface area (TPSA) is 37.3 Å². The molecule has 90 valence electrons. The van der Waals surface area contributed by atoms with Crippen LogP contribution in [0.25, 0.3) is 6.08 Å². The van der Waals surface area contributed by atoms with Gasteiger partial charge < -0.3 is 5.11 Å². The number of alkyl halides is 1. The van der Waals surface area contributed by atoms with Gasteiger partial charge in [0.15, 0.2) is 0 Å². The molecule has 0 aromatic heterocycles. The van der Waals surface area contributed by atoms with E-state index in [9.17, 15) is 9.18 Å². The maximum Gasteiger partial charge on any atom is 0.332 e. The largest absolute Gasteiger partial charge is 0.478 e. The number of hydrogen-bond donors (Lipinski definition) is 1. The van der Waals surface area contributed by atoms with E-state index >= 15 is 0 Å². The number of hydrogen-bond acceptors (Lipinski definition) is 2. The van der Waals surface area contributed by atoms with Crippen LogP contribution in [0.4, 0.5) is 4.39 Å². The van der Waals surface area contributed by atoms with Crippen molar-refractivity contribution >= 4 is 47.0 Å². The Morgan fingerprint density at radius 2 is 2.18 bits per heavy atom. The number of rotatable bonds is 2. The first kappa shape index (κ1) is 12.7. The number of fused-ring (bicyclic) bond motifs is 1. The number of carboxylic acid groups (broad SMARTS) is 1. The van der Waals surface area contributed by atoms with Gasteiger partial charge in [0.1, 0.15) is 6.67 Å². The molecule has 1 aromatic carbocycles. The van der Waals surface area contributed by atoms with Crippen LogP contribution in [0.1, 0.15) is 5.56 Å². The van der Waals surface area contributed by atoms with Crippen LogP contribution in [-0.2, 0) is 4.79 Å². The molecule has 1 aliphatic rings. The molecule has 0 spiro atoms. The van der Waals surface area contributed by atoms with Gasteiger partial charge in [-0.05, 0) is 23.8 Å². The molecular formula is C11H7Cl2FO2S. The van der Waals surface area contributed by atoms with Gasteiger partial charge in [-0.1, -0.05) is 23.2 Å². The van der Waals surface area contributed by atoms with E-state index in [0.717, 1.165) is 11.8 Å². The molecule has 1 unspecified atom stereocenters. The summed E-state index contributed by atoms with van der Waals surface area (Å²) in [7, 11) is 0. The zero-order valence-electron chi connectivity index (χ0n) is 8.41. The van der Waals surface area contributed by atoms with Gasteiger partial charge in [0.25, 0.3) is 0 Å². The van der Waals surface area contributed by atoms with E-state index in [1.54, 1.807) is 12.1 Å². The molecule has 0 bridgehead atoms. The third-order valence-corrected chi connectivity index (χ3v) is 4.33. The van der Waals surface area contributed by atoms with Crippen molar-refractivity contribution in [2.75, 3.05) is 6.67 Å². The highest BCUT2D eigenvalue weighted by Crippen LogP contribution is 2.42. The molecule has 0 saturated carbocycles. The van der Waals surface area contributed by atoms with Crippen molar-refractivity contribution in [1.82, 2.24) is 0 Å². The van der Waals surface area contributed by atoms with Gasteiger partial charge in [-0.2, -0.15) is 0 Å². The Balaban J connectivity index is 2.57. The van der Waals surface area contributed by atoms with E-state index in [4.69, 9.17) is 28.3 Å². The van der Waals surface area contributed by atoms with E-state index in [1.165, 1.54) is 6.08 Å². The number of aliphatic carboxylic acids is 1.